The molecule has 1 fully saturated rings. The van der Waals surface area contributed by atoms with Gasteiger partial charge in [-0.25, -0.2) is 9.37 Å². The van der Waals surface area contributed by atoms with Crippen molar-refractivity contribution in [3.63, 3.8) is 0 Å². The van der Waals surface area contributed by atoms with Gasteiger partial charge in [0.05, 0.1) is 6.33 Å². The molecule has 0 radical (unpaired) electrons. The molecule has 0 amide bonds. The van der Waals surface area contributed by atoms with Gasteiger partial charge in [0, 0.05) is 64.4 Å². The highest BCUT2D eigenvalue weighted by Crippen LogP contribution is 2.17. The maximum atomic E-state index is 13.2. The Labute approximate surface area is 199 Å². The summed E-state index contributed by atoms with van der Waals surface area (Å²) in [6.45, 7) is 5.05. The molecule has 3 aromatic rings. The summed E-state index contributed by atoms with van der Waals surface area (Å²) in [5, 5.41) is 3.49. The highest BCUT2D eigenvalue weighted by Gasteiger charge is 2.19. The van der Waals surface area contributed by atoms with Gasteiger partial charge in [-0.2, -0.15) is 0 Å². The summed E-state index contributed by atoms with van der Waals surface area (Å²) in [7, 11) is 1.82. The highest BCUT2D eigenvalue weighted by atomic mass is 127. The van der Waals surface area contributed by atoms with E-state index in [9.17, 15) is 4.39 Å². The van der Waals surface area contributed by atoms with Crippen LogP contribution < -0.4 is 10.2 Å². The van der Waals surface area contributed by atoms with Crippen molar-refractivity contribution in [2.24, 2.45) is 4.99 Å². The van der Waals surface area contributed by atoms with Gasteiger partial charge in [0.15, 0.2) is 5.96 Å². The van der Waals surface area contributed by atoms with Crippen LogP contribution >= 0.6 is 24.0 Å². The Balaban J connectivity index is 0.00000272. The molecular formula is C23H28FIN6. The van der Waals surface area contributed by atoms with E-state index in [4.69, 9.17) is 0 Å². The number of halogens is 2. The third-order valence-corrected chi connectivity index (χ3v) is 5.35. The minimum Gasteiger partial charge on any atom is -0.368 e. The van der Waals surface area contributed by atoms with E-state index in [1.807, 2.05) is 31.7 Å². The molecule has 1 aromatic heterocycles. The number of nitrogens with one attached hydrogen (secondary N) is 1. The van der Waals surface area contributed by atoms with Crippen molar-refractivity contribution < 1.29 is 4.39 Å². The second kappa shape index (κ2) is 11.1. The lowest BCUT2D eigenvalue weighted by Crippen LogP contribution is -2.52. The largest absolute Gasteiger partial charge is 0.368 e. The van der Waals surface area contributed by atoms with Crippen molar-refractivity contribution in [3.8, 4) is 0 Å². The zero-order valence-electron chi connectivity index (χ0n) is 17.6. The number of rotatable bonds is 5. The van der Waals surface area contributed by atoms with Crippen LogP contribution in [0.1, 0.15) is 11.1 Å². The molecular weight excluding hydrogens is 506 g/mol. The number of piperazine rings is 1. The van der Waals surface area contributed by atoms with E-state index >= 15 is 0 Å². The van der Waals surface area contributed by atoms with Crippen molar-refractivity contribution in [2.75, 3.05) is 38.1 Å². The Morgan fingerprint density at radius 3 is 2.48 bits per heavy atom. The zero-order chi connectivity index (χ0) is 20.8. The number of imidazole rings is 1. The van der Waals surface area contributed by atoms with Crippen LogP contribution in [-0.4, -0.2) is 53.6 Å². The van der Waals surface area contributed by atoms with Gasteiger partial charge >= 0.3 is 0 Å². The van der Waals surface area contributed by atoms with Crippen LogP contribution in [0.5, 0.6) is 0 Å². The Kier molecular flexibility index (Phi) is 8.27. The quantitative estimate of drug-likeness (QED) is 0.309. The minimum atomic E-state index is -0.198. The first kappa shape index (κ1) is 23.1. The Hall–Kier alpha value is -2.62. The Morgan fingerprint density at radius 1 is 1.06 bits per heavy atom. The summed E-state index contributed by atoms with van der Waals surface area (Å²) in [5.74, 6) is 0.713. The third-order valence-electron chi connectivity index (χ3n) is 5.35. The fraction of sp³-hybridized carbons (Fsp3) is 0.304. The van der Waals surface area contributed by atoms with Crippen LogP contribution in [0.2, 0.25) is 0 Å². The molecule has 1 aliphatic heterocycles. The normalized spacial score (nSPS) is 14.3. The fourth-order valence-corrected chi connectivity index (χ4v) is 3.77. The standard InChI is InChI=1S/C23H27FN6.HI/c1-25-23(30-13-11-29(12-14-30)22-7-5-21(24)6-8-22)27-16-19-3-2-4-20(15-19)17-28-10-9-26-18-28;/h2-10,15,18H,11-14,16-17H2,1H3,(H,25,27);1H. The van der Waals surface area contributed by atoms with Gasteiger partial charge in [0.25, 0.3) is 0 Å². The summed E-state index contributed by atoms with van der Waals surface area (Å²) in [6.07, 6.45) is 5.60. The molecule has 0 spiro atoms. The van der Waals surface area contributed by atoms with E-state index in [0.29, 0.717) is 0 Å². The molecule has 1 N–H and O–H groups in total. The number of nitrogens with zero attached hydrogens (tertiary/aromatic N) is 5. The predicted octanol–water partition coefficient (Wildman–Crippen LogP) is 3.59. The van der Waals surface area contributed by atoms with Crippen molar-refractivity contribution in [2.45, 2.75) is 13.1 Å². The monoisotopic (exact) mass is 534 g/mol. The molecule has 164 valence electrons. The molecule has 1 aliphatic rings. The maximum absolute atomic E-state index is 13.2. The van der Waals surface area contributed by atoms with Gasteiger partial charge in [0.2, 0.25) is 0 Å². The van der Waals surface area contributed by atoms with Crippen LogP contribution in [0.4, 0.5) is 10.1 Å². The van der Waals surface area contributed by atoms with Crippen molar-refractivity contribution in [3.05, 3.63) is 84.2 Å². The summed E-state index contributed by atoms with van der Waals surface area (Å²) >= 11 is 0. The second-order valence-corrected chi connectivity index (χ2v) is 7.41. The number of anilines is 1. The third kappa shape index (κ3) is 6.19. The average Bonchev–Trinajstić information content (AvgIpc) is 3.29. The molecule has 2 heterocycles. The van der Waals surface area contributed by atoms with Gasteiger partial charge in [-0.1, -0.05) is 24.3 Å². The van der Waals surface area contributed by atoms with E-state index in [1.54, 1.807) is 6.20 Å². The molecule has 0 saturated carbocycles. The van der Waals surface area contributed by atoms with Gasteiger partial charge < -0.3 is 19.7 Å². The minimum absolute atomic E-state index is 0. The van der Waals surface area contributed by atoms with Crippen molar-refractivity contribution in [1.82, 2.24) is 19.8 Å². The van der Waals surface area contributed by atoms with Crippen LogP contribution in [0.15, 0.2) is 72.2 Å². The summed E-state index contributed by atoms with van der Waals surface area (Å²) < 4.78 is 15.2. The summed E-state index contributed by atoms with van der Waals surface area (Å²) in [5.41, 5.74) is 3.53. The number of benzene rings is 2. The van der Waals surface area contributed by atoms with Crippen molar-refractivity contribution >= 4 is 35.6 Å². The summed E-state index contributed by atoms with van der Waals surface area (Å²) in [4.78, 5) is 13.1. The first-order chi connectivity index (χ1) is 14.7. The van der Waals surface area contributed by atoms with Crippen LogP contribution in [0.3, 0.4) is 0 Å². The molecule has 6 nitrogen and oxygen atoms in total. The SMILES string of the molecule is CN=C(NCc1cccc(Cn2ccnc2)c1)N1CCN(c2ccc(F)cc2)CC1.I. The number of hydrogen-bond acceptors (Lipinski definition) is 3. The number of aromatic nitrogens is 2. The highest BCUT2D eigenvalue weighted by molar-refractivity contribution is 14.0. The first-order valence-corrected chi connectivity index (χ1v) is 10.2. The molecule has 0 atom stereocenters. The predicted molar refractivity (Wildman–Crippen MR) is 134 cm³/mol. The summed E-state index contributed by atoms with van der Waals surface area (Å²) in [6, 6.07) is 15.3. The number of guanidine groups is 1. The molecule has 0 bridgehead atoms. The van der Waals surface area contributed by atoms with Crippen LogP contribution in [0.25, 0.3) is 0 Å². The van der Waals surface area contributed by atoms with E-state index in [-0.39, 0.29) is 29.8 Å². The van der Waals surface area contributed by atoms with E-state index in [2.05, 4.69) is 53.9 Å². The molecule has 0 unspecified atom stereocenters. The van der Waals surface area contributed by atoms with Crippen molar-refractivity contribution in [1.29, 1.82) is 0 Å². The molecule has 4 rings (SSSR count). The maximum Gasteiger partial charge on any atom is 0.194 e. The van der Waals surface area contributed by atoms with Crippen LogP contribution in [-0.2, 0) is 13.1 Å². The lowest BCUT2D eigenvalue weighted by Gasteiger charge is -2.37. The van der Waals surface area contributed by atoms with E-state index in [0.717, 1.165) is 50.9 Å². The number of hydrogen-bond donors (Lipinski definition) is 1. The lowest BCUT2D eigenvalue weighted by atomic mass is 10.1. The number of aliphatic imine (C=N–C) groups is 1. The molecule has 31 heavy (non-hydrogen) atoms. The Morgan fingerprint density at radius 2 is 1.81 bits per heavy atom. The van der Waals surface area contributed by atoms with Gasteiger partial charge in [-0.05, 0) is 35.4 Å². The fourth-order valence-electron chi connectivity index (χ4n) is 3.77. The molecule has 2 aromatic carbocycles. The molecule has 8 heteroatoms. The van der Waals surface area contributed by atoms with Gasteiger partial charge in [-0.3, -0.25) is 4.99 Å². The smallest absolute Gasteiger partial charge is 0.194 e. The van der Waals surface area contributed by atoms with E-state index < -0.39 is 0 Å². The average molecular weight is 534 g/mol. The van der Waals surface area contributed by atoms with Gasteiger partial charge in [-0.15, -0.1) is 24.0 Å². The first-order valence-electron chi connectivity index (χ1n) is 10.2. The Bertz CT molecular complexity index is 966. The van der Waals surface area contributed by atoms with Crippen LogP contribution in [0, 0.1) is 5.82 Å². The molecule has 1 saturated heterocycles. The zero-order valence-corrected chi connectivity index (χ0v) is 19.9. The van der Waals surface area contributed by atoms with Gasteiger partial charge in [0.1, 0.15) is 5.82 Å². The molecule has 0 aliphatic carbocycles. The lowest BCUT2D eigenvalue weighted by molar-refractivity contribution is 0.372. The van der Waals surface area contributed by atoms with E-state index in [1.165, 1.54) is 23.3 Å². The topological polar surface area (TPSA) is 48.7 Å². The second-order valence-electron chi connectivity index (χ2n) is 7.41.